The summed E-state index contributed by atoms with van der Waals surface area (Å²) in [6, 6.07) is 5.86. The molecular formula is C21H24N6. The van der Waals surface area contributed by atoms with Gasteiger partial charge in [-0.2, -0.15) is 0 Å². The number of benzene rings is 1. The van der Waals surface area contributed by atoms with Gasteiger partial charge in [0.1, 0.15) is 0 Å². The van der Waals surface area contributed by atoms with Gasteiger partial charge in [0, 0.05) is 50.3 Å². The lowest BCUT2D eigenvalue weighted by Gasteiger charge is -2.34. The van der Waals surface area contributed by atoms with E-state index in [4.69, 9.17) is 6.57 Å². The van der Waals surface area contributed by atoms with Gasteiger partial charge in [0.2, 0.25) is 5.95 Å². The van der Waals surface area contributed by atoms with Crippen LogP contribution < -0.4 is 4.90 Å². The van der Waals surface area contributed by atoms with Crippen LogP contribution >= 0.6 is 0 Å². The van der Waals surface area contributed by atoms with E-state index in [1.165, 1.54) is 10.9 Å². The Hall–Kier alpha value is -2.91. The average molecular weight is 360 g/mol. The van der Waals surface area contributed by atoms with Crippen molar-refractivity contribution >= 4 is 22.5 Å². The highest BCUT2D eigenvalue weighted by atomic mass is 15.3. The number of piperazine rings is 1. The van der Waals surface area contributed by atoms with Crippen molar-refractivity contribution in [3.8, 4) is 0 Å². The zero-order valence-corrected chi connectivity index (χ0v) is 15.6. The fourth-order valence-corrected chi connectivity index (χ4v) is 3.66. The fourth-order valence-electron chi connectivity index (χ4n) is 3.66. The molecule has 4 rings (SSSR count). The summed E-state index contributed by atoms with van der Waals surface area (Å²) in [5.74, 6) is 0.842. The predicted octanol–water partition coefficient (Wildman–Crippen LogP) is 3.57. The minimum atomic E-state index is 0.706. The number of H-pyrrole nitrogens is 1. The Morgan fingerprint density at radius 2 is 1.93 bits per heavy atom. The molecule has 1 aromatic carbocycles. The summed E-state index contributed by atoms with van der Waals surface area (Å²) in [4.78, 5) is 20.5. The zero-order chi connectivity index (χ0) is 18.6. The third kappa shape index (κ3) is 3.93. The predicted molar refractivity (Wildman–Crippen MR) is 108 cm³/mol. The summed E-state index contributed by atoms with van der Waals surface area (Å²) in [5.41, 5.74) is 4.22. The van der Waals surface area contributed by atoms with Crippen LogP contribution in [-0.4, -0.2) is 52.6 Å². The Morgan fingerprint density at radius 3 is 2.67 bits per heavy atom. The molecule has 6 heteroatoms. The quantitative estimate of drug-likeness (QED) is 0.707. The van der Waals surface area contributed by atoms with Crippen molar-refractivity contribution < 1.29 is 0 Å². The maximum Gasteiger partial charge on any atom is 0.225 e. The number of rotatable bonds is 5. The Bertz CT molecular complexity index is 945. The van der Waals surface area contributed by atoms with Crippen molar-refractivity contribution in [3.63, 3.8) is 0 Å². The molecule has 138 valence electrons. The van der Waals surface area contributed by atoms with Gasteiger partial charge in [-0.1, -0.05) is 6.07 Å². The fraction of sp³-hybridized carbons (Fsp3) is 0.381. The minimum Gasteiger partial charge on any atom is -0.361 e. The molecule has 2 aromatic heterocycles. The Morgan fingerprint density at radius 1 is 1.15 bits per heavy atom. The van der Waals surface area contributed by atoms with Gasteiger partial charge in [-0.05, 0) is 55.0 Å². The highest BCUT2D eigenvalue weighted by molar-refractivity contribution is 5.86. The Labute approximate surface area is 159 Å². The molecule has 0 saturated carbocycles. The van der Waals surface area contributed by atoms with Crippen molar-refractivity contribution in [1.29, 1.82) is 0 Å². The molecule has 0 bridgehead atoms. The first-order valence-electron chi connectivity index (χ1n) is 9.46. The molecule has 0 amide bonds. The molecule has 3 aromatic rings. The lowest BCUT2D eigenvalue weighted by molar-refractivity contribution is 0.254. The number of hydrogen-bond acceptors (Lipinski definition) is 4. The van der Waals surface area contributed by atoms with Crippen molar-refractivity contribution in [2.75, 3.05) is 37.6 Å². The van der Waals surface area contributed by atoms with E-state index in [0.29, 0.717) is 5.69 Å². The standard InChI is InChI=1S/C21H24N6/c1-16-13-24-21(25-14-16)27-10-8-26(9-11-27)7-3-4-17-15-23-20-6-5-18(22-2)12-19(17)20/h5-6,12-15,23H,3-4,7-11H2,1H3. The third-order valence-electron chi connectivity index (χ3n) is 5.22. The van der Waals surface area contributed by atoms with Gasteiger partial charge in [0.25, 0.3) is 0 Å². The van der Waals surface area contributed by atoms with Crippen LogP contribution in [0.25, 0.3) is 15.7 Å². The molecule has 1 saturated heterocycles. The number of aromatic nitrogens is 3. The first kappa shape index (κ1) is 17.5. The first-order valence-corrected chi connectivity index (χ1v) is 9.46. The van der Waals surface area contributed by atoms with Crippen molar-refractivity contribution in [3.05, 3.63) is 59.3 Å². The molecule has 1 N–H and O–H groups in total. The summed E-state index contributed by atoms with van der Waals surface area (Å²) in [6.07, 6.45) is 8.01. The van der Waals surface area contributed by atoms with Crippen LogP contribution in [-0.2, 0) is 6.42 Å². The molecule has 0 aliphatic carbocycles. The number of hydrogen-bond donors (Lipinski definition) is 1. The molecule has 1 fully saturated rings. The van der Waals surface area contributed by atoms with E-state index < -0.39 is 0 Å². The van der Waals surface area contributed by atoms with Gasteiger partial charge >= 0.3 is 0 Å². The van der Waals surface area contributed by atoms with E-state index in [9.17, 15) is 0 Å². The molecule has 0 radical (unpaired) electrons. The van der Waals surface area contributed by atoms with E-state index >= 15 is 0 Å². The minimum absolute atomic E-state index is 0.706. The zero-order valence-electron chi connectivity index (χ0n) is 15.6. The number of aromatic amines is 1. The summed E-state index contributed by atoms with van der Waals surface area (Å²) in [7, 11) is 0. The van der Waals surface area contributed by atoms with E-state index in [2.05, 4.69) is 35.8 Å². The summed E-state index contributed by atoms with van der Waals surface area (Å²) >= 11 is 0. The van der Waals surface area contributed by atoms with Crippen LogP contribution in [0, 0.1) is 13.5 Å². The van der Waals surface area contributed by atoms with Crippen molar-refractivity contribution in [1.82, 2.24) is 19.9 Å². The normalized spacial score (nSPS) is 15.2. The summed E-state index contributed by atoms with van der Waals surface area (Å²) in [5, 5.41) is 1.19. The smallest absolute Gasteiger partial charge is 0.225 e. The second kappa shape index (κ2) is 7.77. The van der Waals surface area contributed by atoms with E-state index in [1.807, 2.05) is 37.5 Å². The lowest BCUT2D eigenvalue weighted by Crippen LogP contribution is -2.47. The van der Waals surface area contributed by atoms with Gasteiger partial charge in [-0.25, -0.2) is 14.8 Å². The van der Waals surface area contributed by atoms with Gasteiger partial charge in [-0.3, -0.25) is 4.90 Å². The lowest BCUT2D eigenvalue weighted by atomic mass is 10.1. The number of nitrogens with one attached hydrogen (secondary N) is 1. The summed E-state index contributed by atoms with van der Waals surface area (Å²) in [6.45, 7) is 14.4. The highest BCUT2D eigenvalue weighted by Crippen LogP contribution is 2.25. The molecule has 3 heterocycles. The third-order valence-corrected chi connectivity index (χ3v) is 5.22. The second-order valence-electron chi connectivity index (χ2n) is 7.15. The van der Waals surface area contributed by atoms with Gasteiger partial charge in [0.05, 0.1) is 6.57 Å². The molecule has 0 unspecified atom stereocenters. The molecule has 1 aliphatic heterocycles. The number of fused-ring (bicyclic) bond motifs is 1. The van der Waals surface area contributed by atoms with E-state index in [-0.39, 0.29) is 0 Å². The van der Waals surface area contributed by atoms with Crippen molar-refractivity contribution in [2.45, 2.75) is 19.8 Å². The van der Waals surface area contributed by atoms with Crippen LogP contribution in [0.3, 0.4) is 0 Å². The van der Waals surface area contributed by atoms with Crippen LogP contribution in [0.5, 0.6) is 0 Å². The highest BCUT2D eigenvalue weighted by Gasteiger charge is 2.18. The molecule has 0 spiro atoms. The second-order valence-corrected chi connectivity index (χ2v) is 7.15. The van der Waals surface area contributed by atoms with Crippen LogP contribution in [0.1, 0.15) is 17.5 Å². The Balaban J connectivity index is 1.28. The first-order chi connectivity index (χ1) is 13.2. The van der Waals surface area contributed by atoms with E-state index in [1.54, 1.807) is 0 Å². The van der Waals surface area contributed by atoms with Crippen LogP contribution in [0.15, 0.2) is 36.8 Å². The van der Waals surface area contributed by atoms with Crippen LogP contribution in [0.2, 0.25) is 0 Å². The molecule has 6 nitrogen and oxygen atoms in total. The molecular weight excluding hydrogens is 336 g/mol. The summed E-state index contributed by atoms with van der Waals surface area (Å²) < 4.78 is 0. The SMILES string of the molecule is [C-]#[N+]c1ccc2[nH]cc(CCCN3CCN(c4ncc(C)cn4)CC3)c2c1. The van der Waals surface area contributed by atoms with Gasteiger partial charge in [-0.15, -0.1) is 0 Å². The topological polar surface area (TPSA) is 52.4 Å². The van der Waals surface area contributed by atoms with Crippen LogP contribution in [0.4, 0.5) is 11.6 Å². The monoisotopic (exact) mass is 360 g/mol. The Kier molecular flexibility index (Phi) is 5.03. The largest absolute Gasteiger partial charge is 0.361 e. The number of anilines is 1. The number of aryl methyl sites for hydroxylation is 2. The molecule has 27 heavy (non-hydrogen) atoms. The van der Waals surface area contributed by atoms with Gasteiger partial charge < -0.3 is 9.88 Å². The van der Waals surface area contributed by atoms with Gasteiger partial charge in [0.15, 0.2) is 5.69 Å². The van der Waals surface area contributed by atoms with Crippen molar-refractivity contribution in [2.24, 2.45) is 0 Å². The molecule has 0 atom stereocenters. The maximum atomic E-state index is 7.20. The van der Waals surface area contributed by atoms with E-state index in [0.717, 1.165) is 62.6 Å². The number of nitrogens with zero attached hydrogens (tertiary/aromatic N) is 5. The average Bonchev–Trinajstić information content (AvgIpc) is 3.11. The maximum absolute atomic E-state index is 7.20. The molecule has 1 aliphatic rings.